The molecule has 0 aliphatic carbocycles. The fourth-order valence-electron chi connectivity index (χ4n) is 3.73. The largest absolute Gasteiger partial charge is 0.469 e. The third-order valence-corrected chi connectivity index (χ3v) is 6.69. The van der Waals surface area contributed by atoms with Crippen LogP contribution in [0.25, 0.3) is 10.8 Å². The van der Waals surface area contributed by atoms with Gasteiger partial charge in [0.25, 0.3) is 0 Å². The Labute approximate surface area is 213 Å². The summed E-state index contributed by atoms with van der Waals surface area (Å²) in [6.45, 7) is 7.93. The molecule has 0 saturated heterocycles. The van der Waals surface area contributed by atoms with Crippen molar-refractivity contribution in [3.63, 3.8) is 0 Å². The van der Waals surface area contributed by atoms with E-state index in [2.05, 4.69) is 37.3 Å². The number of hydrogen-bond acceptors (Lipinski definition) is 6. The van der Waals surface area contributed by atoms with Crippen molar-refractivity contribution in [3.8, 4) is 0 Å². The summed E-state index contributed by atoms with van der Waals surface area (Å²) in [5.74, 6) is -0.800. The second kappa shape index (κ2) is 14.1. The first-order chi connectivity index (χ1) is 16.6. The number of amides is 1. The monoisotopic (exact) mass is 501 g/mol. The molecule has 7 heteroatoms. The van der Waals surface area contributed by atoms with Gasteiger partial charge in [-0.15, -0.1) is 11.8 Å². The Morgan fingerprint density at radius 2 is 1.71 bits per heavy atom. The molecule has 1 atom stereocenters. The molecule has 0 N–H and O–H groups in total. The molecule has 0 saturated carbocycles. The standard InChI is InChI=1S/C28H39NO5S/c1-6-7-10-17-29(19-26(31)34-28(2,3)4)27(32)23(14-16-25(30)33-5)20-35-24-15-13-21-11-8-9-12-22(21)18-24/h8-9,11-13,15,18,23H,6-7,10,14,16-17,19-20H2,1-5H3. The van der Waals surface area contributed by atoms with Crippen molar-refractivity contribution in [3.05, 3.63) is 42.5 Å². The molecular weight excluding hydrogens is 462 g/mol. The van der Waals surface area contributed by atoms with E-state index in [9.17, 15) is 14.4 Å². The summed E-state index contributed by atoms with van der Waals surface area (Å²) >= 11 is 1.59. The zero-order valence-corrected chi connectivity index (χ0v) is 22.5. The van der Waals surface area contributed by atoms with E-state index in [-0.39, 0.29) is 24.8 Å². The summed E-state index contributed by atoms with van der Waals surface area (Å²) in [7, 11) is 1.35. The third kappa shape index (κ3) is 10.3. The van der Waals surface area contributed by atoms with E-state index < -0.39 is 17.5 Å². The number of methoxy groups -OCH3 is 1. The van der Waals surface area contributed by atoms with Crippen LogP contribution in [0.4, 0.5) is 0 Å². The third-order valence-electron chi connectivity index (χ3n) is 5.53. The molecule has 2 aromatic carbocycles. The molecule has 0 spiro atoms. The van der Waals surface area contributed by atoms with Gasteiger partial charge in [-0.05, 0) is 56.5 Å². The van der Waals surface area contributed by atoms with Crippen LogP contribution >= 0.6 is 11.8 Å². The highest BCUT2D eigenvalue weighted by molar-refractivity contribution is 7.99. The number of benzene rings is 2. The number of fused-ring (bicyclic) bond motifs is 1. The Bertz CT molecular complexity index is 985. The van der Waals surface area contributed by atoms with Gasteiger partial charge < -0.3 is 14.4 Å². The average Bonchev–Trinajstić information content (AvgIpc) is 2.81. The fourth-order valence-corrected chi connectivity index (χ4v) is 4.81. The predicted molar refractivity (Wildman–Crippen MR) is 141 cm³/mol. The molecule has 1 unspecified atom stereocenters. The van der Waals surface area contributed by atoms with Crippen molar-refractivity contribution in [2.45, 2.75) is 70.3 Å². The van der Waals surface area contributed by atoms with Crippen LogP contribution in [-0.4, -0.2) is 54.3 Å². The zero-order valence-electron chi connectivity index (χ0n) is 21.7. The fraction of sp³-hybridized carbons (Fsp3) is 0.536. The van der Waals surface area contributed by atoms with E-state index in [1.807, 2.05) is 32.9 Å². The Balaban J connectivity index is 2.17. The van der Waals surface area contributed by atoms with Crippen LogP contribution < -0.4 is 0 Å². The number of thioether (sulfide) groups is 1. The van der Waals surface area contributed by atoms with Crippen molar-refractivity contribution in [2.24, 2.45) is 5.92 Å². The lowest BCUT2D eigenvalue weighted by molar-refractivity contribution is -0.159. The quantitative estimate of drug-likeness (QED) is 0.194. The molecular formula is C28H39NO5S. The van der Waals surface area contributed by atoms with Gasteiger partial charge >= 0.3 is 11.9 Å². The summed E-state index contributed by atoms with van der Waals surface area (Å²) in [6, 6.07) is 14.4. The number of rotatable bonds is 13. The highest BCUT2D eigenvalue weighted by atomic mass is 32.2. The molecule has 0 bridgehead atoms. The molecule has 0 radical (unpaired) electrons. The van der Waals surface area contributed by atoms with E-state index in [1.54, 1.807) is 16.7 Å². The summed E-state index contributed by atoms with van der Waals surface area (Å²) in [5.41, 5.74) is -0.620. The maximum Gasteiger partial charge on any atom is 0.326 e. The topological polar surface area (TPSA) is 72.9 Å². The lowest BCUT2D eigenvalue weighted by Crippen LogP contribution is -2.43. The lowest BCUT2D eigenvalue weighted by Gasteiger charge is -2.28. The van der Waals surface area contributed by atoms with Crippen molar-refractivity contribution in [1.29, 1.82) is 0 Å². The van der Waals surface area contributed by atoms with Gasteiger partial charge in [0, 0.05) is 29.5 Å². The van der Waals surface area contributed by atoms with Gasteiger partial charge in [0.15, 0.2) is 0 Å². The van der Waals surface area contributed by atoms with Gasteiger partial charge in [0.1, 0.15) is 12.1 Å². The smallest absolute Gasteiger partial charge is 0.326 e. The number of carbonyl (C=O) groups is 3. The Morgan fingerprint density at radius 3 is 2.37 bits per heavy atom. The first-order valence-corrected chi connectivity index (χ1v) is 13.3. The molecule has 35 heavy (non-hydrogen) atoms. The number of carbonyl (C=O) groups excluding carboxylic acids is 3. The molecule has 0 fully saturated rings. The van der Waals surface area contributed by atoms with Crippen molar-refractivity contribution in [1.82, 2.24) is 4.90 Å². The minimum absolute atomic E-state index is 0.0881. The Kier molecular flexibility index (Phi) is 11.6. The second-order valence-corrected chi connectivity index (χ2v) is 10.8. The molecule has 2 aromatic rings. The molecule has 2 rings (SSSR count). The number of hydrogen-bond donors (Lipinski definition) is 0. The molecule has 0 aliphatic heterocycles. The molecule has 6 nitrogen and oxygen atoms in total. The molecule has 0 aromatic heterocycles. The summed E-state index contributed by atoms with van der Waals surface area (Å²) in [6.07, 6.45) is 3.31. The van der Waals surface area contributed by atoms with Crippen LogP contribution in [0.2, 0.25) is 0 Å². The second-order valence-electron chi connectivity index (χ2n) is 9.69. The van der Waals surface area contributed by atoms with E-state index in [4.69, 9.17) is 9.47 Å². The van der Waals surface area contributed by atoms with Gasteiger partial charge in [-0.1, -0.05) is 50.1 Å². The van der Waals surface area contributed by atoms with Gasteiger partial charge in [-0.3, -0.25) is 14.4 Å². The minimum atomic E-state index is -0.620. The van der Waals surface area contributed by atoms with Crippen LogP contribution in [0.1, 0.15) is 59.8 Å². The maximum atomic E-state index is 13.6. The first kappa shape index (κ1) is 28.7. The first-order valence-electron chi connectivity index (χ1n) is 12.3. The Morgan fingerprint density at radius 1 is 1.00 bits per heavy atom. The van der Waals surface area contributed by atoms with Crippen molar-refractivity contribution in [2.75, 3.05) is 26.0 Å². The van der Waals surface area contributed by atoms with Gasteiger partial charge in [0.05, 0.1) is 7.11 Å². The molecule has 0 aliphatic rings. The van der Waals surface area contributed by atoms with E-state index in [0.717, 1.165) is 34.9 Å². The number of ether oxygens (including phenoxy) is 2. The Hall–Kier alpha value is -2.54. The van der Waals surface area contributed by atoms with Gasteiger partial charge in [-0.2, -0.15) is 0 Å². The summed E-state index contributed by atoms with van der Waals surface area (Å²) in [5, 5.41) is 2.30. The van der Waals surface area contributed by atoms with Crippen LogP contribution in [0, 0.1) is 5.92 Å². The van der Waals surface area contributed by atoms with Crippen LogP contribution in [-0.2, 0) is 23.9 Å². The number of unbranched alkanes of at least 4 members (excludes halogenated alkanes) is 2. The summed E-state index contributed by atoms with van der Waals surface area (Å²) < 4.78 is 10.3. The van der Waals surface area contributed by atoms with Crippen molar-refractivity contribution >= 4 is 40.4 Å². The average molecular weight is 502 g/mol. The normalized spacial score (nSPS) is 12.3. The van der Waals surface area contributed by atoms with Crippen LogP contribution in [0.3, 0.4) is 0 Å². The number of esters is 2. The zero-order chi connectivity index (χ0) is 25.8. The van der Waals surface area contributed by atoms with Gasteiger partial charge in [0.2, 0.25) is 5.91 Å². The molecule has 0 heterocycles. The van der Waals surface area contributed by atoms with Crippen LogP contribution in [0.5, 0.6) is 0 Å². The SMILES string of the molecule is CCCCCN(CC(=O)OC(C)(C)C)C(=O)C(CCC(=O)OC)CSc1ccc2ccccc2c1. The van der Waals surface area contributed by atoms with E-state index >= 15 is 0 Å². The predicted octanol–water partition coefficient (Wildman–Crippen LogP) is 5.86. The number of nitrogens with zero attached hydrogens (tertiary/aromatic N) is 1. The maximum absolute atomic E-state index is 13.6. The van der Waals surface area contributed by atoms with E-state index in [1.165, 1.54) is 7.11 Å². The van der Waals surface area contributed by atoms with E-state index in [0.29, 0.717) is 18.7 Å². The van der Waals surface area contributed by atoms with Crippen molar-refractivity contribution < 1.29 is 23.9 Å². The van der Waals surface area contributed by atoms with Crippen LogP contribution in [0.15, 0.2) is 47.4 Å². The molecule has 1 amide bonds. The molecule has 192 valence electrons. The van der Waals surface area contributed by atoms with Gasteiger partial charge in [-0.25, -0.2) is 0 Å². The summed E-state index contributed by atoms with van der Waals surface area (Å²) in [4.78, 5) is 40.7. The lowest BCUT2D eigenvalue weighted by atomic mass is 10.0. The highest BCUT2D eigenvalue weighted by Gasteiger charge is 2.28. The minimum Gasteiger partial charge on any atom is -0.469 e. The highest BCUT2D eigenvalue weighted by Crippen LogP contribution is 2.28.